The fourth-order valence-corrected chi connectivity index (χ4v) is 1.44. The molecular formula is C7H4F2INO3. The predicted octanol–water partition coefficient (Wildman–Crippen LogP) is 2.03. The number of aromatic nitrogens is 1. The molecule has 0 amide bonds. The Bertz CT molecular complexity index is 383. The fourth-order valence-electron chi connectivity index (χ4n) is 0.806. The van der Waals surface area contributed by atoms with Crippen molar-refractivity contribution in [3.05, 3.63) is 21.0 Å². The molecule has 0 unspecified atom stereocenters. The van der Waals surface area contributed by atoms with Gasteiger partial charge < -0.3 is 10.2 Å². The number of aromatic hydroxyl groups is 1. The normalized spacial score (nSPS) is 10.6. The molecule has 0 aromatic carbocycles. The van der Waals surface area contributed by atoms with E-state index in [2.05, 4.69) is 4.98 Å². The van der Waals surface area contributed by atoms with Crippen molar-refractivity contribution in [2.24, 2.45) is 0 Å². The molecule has 0 bridgehead atoms. The molecule has 1 aromatic rings. The molecule has 0 saturated carbocycles. The number of carboxylic acids is 1. The third kappa shape index (κ3) is 2.08. The highest BCUT2D eigenvalue weighted by molar-refractivity contribution is 14.1. The van der Waals surface area contributed by atoms with Crippen LogP contribution in [0.3, 0.4) is 0 Å². The van der Waals surface area contributed by atoms with Crippen LogP contribution in [0, 0.1) is 3.70 Å². The van der Waals surface area contributed by atoms with Crippen LogP contribution in [0.5, 0.6) is 5.75 Å². The van der Waals surface area contributed by atoms with Gasteiger partial charge in [-0.15, -0.1) is 0 Å². The van der Waals surface area contributed by atoms with Gasteiger partial charge in [0.2, 0.25) is 0 Å². The summed E-state index contributed by atoms with van der Waals surface area (Å²) in [4.78, 5) is 13.8. The molecule has 0 aliphatic carbocycles. The Morgan fingerprint density at radius 1 is 1.57 bits per heavy atom. The smallest absolute Gasteiger partial charge is 0.358 e. The van der Waals surface area contributed by atoms with Crippen LogP contribution >= 0.6 is 22.6 Å². The lowest BCUT2D eigenvalue weighted by atomic mass is 10.2. The van der Waals surface area contributed by atoms with Crippen molar-refractivity contribution in [1.29, 1.82) is 0 Å². The second kappa shape index (κ2) is 4.03. The zero-order valence-corrected chi connectivity index (χ0v) is 8.70. The summed E-state index contributed by atoms with van der Waals surface area (Å²) < 4.78 is 24.3. The van der Waals surface area contributed by atoms with Crippen LogP contribution in [0.2, 0.25) is 0 Å². The molecule has 2 N–H and O–H groups in total. The van der Waals surface area contributed by atoms with Crippen LogP contribution in [-0.2, 0) is 0 Å². The number of carboxylic acid groups (broad SMARTS) is 1. The van der Waals surface area contributed by atoms with E-state index in [-0.39, 0.29) is 3.70 Å². The van der Waals surface area contributed by atoms with Gasteiger partial charge in [0.25, 0.3) is 6.43 Å². The first kappa shape index (κ1) is 11.1. The Hall–Kier alpha value is -0.990. The van der Waals surface area contributed by atoms with E-state index in [9.17, 15) is 13.6 Å². The number of pyridine rings is 1. The Morgan fingerprint density at radius 3 is 2.57 bits per heavy atom. The SMILES string of the molecule is O=C(O)c1nc(I)c(C(F)F)cc1O. The van der Waals surface area contributed by atoms with E-state index in [0.717, 1.165) is 0 Å². The minimum absolute atomic E-state index is 0.132. The molecule has 0 aliphatic heterocycles. The average molecular weight is 315 g/mol. The number of rotatable bonds is 2. The summed E-state index contributed by atoms with van der Waals surface area (Å²) in [5, 5.41) is 17.6. The van der Waals surface area contributed by atoms with Gasteiger partial charge in [-0.2, -0.15) is 0 Å². The number of halogens is 3. The number of hydrogen-bond donors (Lipinski definition) is 2. The van der Waals surface area contributed by atoms with Crippen LogP contribution in [-0.4, -0.2) is 21.2 Å². The lowest BCUT2D eigenvalue weighted by Gasteiger charge is -2.05. The van der Waals surface area contributed by atoms with Crippen molar-refractivity contribution < 1.29 is 23.8 Å². The van der Waals surface area contributed by atoms with Crippen molar-refractivity contribution in [1.82, 2.24) is 4.98 Å². The minimum atomic E-state index is -2.79. The second-order valence-corrected chi connectivity index (χ2v) is 3.36. The number of aromatic carboxylic acids is 1. The highest BCUT2D eigenvalue weighted by Crippen LogP contribution is 2.28. The van der Waals surface area contributed by atoms with Crippen LogP contribution in [0.4, 0.5) is 8.78 Å². The Labute approximate surface area is 90.7 Å². The van der Waals surface area contributed by atoms with Crippen LogP contribution < -0.4 is 0 Å². The highest BCUT2D eigenvalue weighted by Gasteiger charge is 2.19. The van der Waals surface area contributed by atoms with Crippen molar-refractivity contribution >= 4 is 28.6 Å². The van der Waals surface area contributed by atoms with Crippen LogP contribution in [0.1, 0.15) is 22.5 Å². The molecule has 0 fully saturated rings. The summed E-state index contributed by atoms with van der Waals surface area (Å²) in [5.74, 6) is -2.21. The van der Waals surface area contributed by atoms with Crippen molar-refractivity contribution in [3.8, 4) is 5.75 Å². The van der Waals surface area contributed by atoms with Gasteiger partial charge >= 0.3 is 5.97 Å². The summed E-state index contributed by atoms with van der Waals surface area (Å²) in [5.41, 5.74) is -1.10. The topological polar surface area (TPSA) is 70.4 Å². The Kier molecular flexibility index (Phi) is 3.19. The molecule has 1 rings (SSSR count). The molecule has 76 valence electrons. The summed E-state index contributed by atoms with van der Waals surface area (Å²) in [6.07, 6.45) is -2.79. The van der Waals surface area contributed by atoms with E-state index in [1.165, 1.54) is 22.6 Å². The number of nitrogens with zero attached hydrogens (tertiary/aromatic N) is 1. The molecule has 0 spiro atoms. The fraction of sp³-hybridized carbons (Fsp3) is 0.143. The standard InChI is InChI=1S/C7H4F2INO3/c8-5(9)2-1-3(12)4(7(13)14)11-6(2)10/h1,5,12H,(H,13,14). The van der Waals surface area contributed by atoms with E-state index in [1.54, 1.807) is 0 Å². The largest absolute Gasteiger partial charge is 0.505 e. The molecule has 0 saturated heterocycles. The van der Waals surface area contributed by atoms with E-state index < -0.39 is 29.4 Å². The van der Waals surface area contributed by atoms with Gasteiger partial charge in [0, 0.05) is 0 Å². The molecule has 0 radical (unpaired) electrons. The zero-order valence-electron chi connectivity index (χ0n) is 6.54. The monoisotopic (exact) mass is 315 g/mol. The van der Waals surface area contributed by atoms with Crippen LogP contribution in [0.15, 0.2) is 6.07 Å². The Balaban J connectivity index is 3.31. The minimum Gasteiger partial charge on any atom is -0.505 e. The summed E-state index contributed by atoms with van der Waals surface area (Å²) in [7, 11) is 0. The van der Waals surface area contributed by atoms with Gasteiger partial charge in [-0.25, -0.2) is 18.6 Å². The van der Waals surface area contributed by atoms with Crippen molar-refractivity contribution in [3.63, 3.8) is 0 Å². The molecule has 1 heterocycles. The molecule has 4 nitrogen and oxygen atoms in total. The van der Waals surface area contributed by atoms with E-state index in [0.29, 0.717) is 6.07 Å². The predicted molar refractivity (Wildman–Crippen MR) is 50.5 cm³/mol. The van der Waals surface area contributed by atoms with Crippen molar-refractivity contribution in [2.75, 3.05) is 0 Å². The van der Waals surface area contributed by atoms with E-state index >= 15 is 0 Å². The maximum Gasteiger partial charge on any atom is 0.358 e. The van der Waals surface area contributed by atoms with Gasteiger partial charge in [0.05, 0.1) is 5.56 Å². The number of hydrogen-bond acceptors (Lipinski definition) is 3. The summed E-state index contributed by atoms with van der Waals surface area (Å²) in [6.45, 7) is 0. The maximum atomic E-state index is 12.2. The lowest BCUT2D eigenvalue weighted by molar-refractivity contribution is 0.0685. The molecule has 0 atom stereocenters. The van der Waals surface area contributed by atoms with Gasteiger partial charge in [0.1, 0.15) is 9.45 Å². The molecule has 1 aromatic heterocycles. The number of carbonyl (C=O) groups is 1. The van der Waals surface area contributed by atoms with Crippen LogP contribution in [0.25, 0.3) is 0 Å². The van der Waals surface area contributed by atoms with Gasteiger partial charge in [-0.3, -0.25) is 0 Å². The third-order valence-electron chi connectivity index (χ3n) is 1.42. The quantitative estimate of drug-likeness (QED) is 0.647. The number of alkyl halides is 2. The first-order chi connectivity index (χ1) is 6.43. The second-order valence-electron chi connectivity index (χ2n) is 2.34. The molecule has 7 heteroatoms. The van der Waals surface area contributed by atoms with E-state index in [1.807, 2.05) is 0 Å². The molecule has 14 heavy (non-hydrogen) atoms. The average Bonchev–Trinajstić information content (AvgIpc) is 2.07. The third-order valence-corrected chi connectivity index (χ3v) is 2.28. The van der Waals surface area contributed by atoms with Gasteiger partial charge in [-0.05, 0) is 28.7 Å². The van der Waals surface area contributed by atoms with Gasteiger partial charge in [0.15, 0.2) is 5.69 Å². The van der Waals surface area contributed by atoms with Crippen molar-refractivity contribution in [2.45, 2.75) is 6.43 Å². The van der Waals surface area contributed by atoms with Gasteiger partial charge in [-0.1, -0.05) is 0 Å². The molecular weight excluding hydrogens is 311 g/mol. The first-order valence-electron chi connectivity index (χ1n) is 3.34. The lowest BCUT2D eigenvalue weighted by Crippen LogP contribution is -2.04. The summed E-state index contributed by atoms with van der Waals surface area (Å²) in [6, 6.07) is 0.711. The zero-order chi connectivity index (χ0) is 10.9. The molecule has 0 aliphatic rings. The first-order valence-corrected chi connectivity index (χ1v) is 4.42. The maximum absolute atomic E-state index is 12.2. The highest BCUT2D eigenvalue weighted by atomic mass is 127. The Morgan fingerprint density at radius 2 is 2.14 bits per heavy atom. The summed E-state index contributed by atoms with van der Waals surface area (Å²) >= 11 is 1.49. The van der Waals surface area contributed by atoms with E-state index in [4.69, 9.17) is 10.2 Å².